The van der Waals surface area contributed by atoms with Gasteiger partial charge in [0.2, 0.25) is 5.91 Å². The van der Waals surface area contributed by atoms with E-state index in [0.717, 1.165) is 27.8 Å². The van der Waals surface area contributed by atoms with Gasteiger partial charge in [-0.1, -0.05) is 36.4 Å². The molecule has 0 spiro atoms. The van der Waals surface area contributed by atoms with E-state index in [2.05, 4.69) is 10.3 Å². The molecule has 2 N–H and O–H groups in total. The molecule has 1 heterocycles. The highest BCUT2D eigenvalue weighted by atomic mass is 16.5. The topological polar surface area (TPSA) is 54.1 Å². The van der Waals surface area contributed by atoms with Gasteiger partial charge in [0.05, 0.1) is 13.5 Å². The lowest BCUT2D eigenvalue weighted by Gasteiger charge is -2.08. The number of carbonyl (C=O) groups excluding carboxylic acids is 1. The van der Waals surface area contributed by atoms with Crippen LogP contribution in [0.3, 0.4) is 0 Å². The first-order valence-corrected chi connectivity index (χ1v) is 7.21. The molecule has 1 amide bonds. The second-order valence-corrected chi connectivity index (χ2v) is 5.12. The summed E-state index contributed by atoms with van der Waals surface area (Å²) in [5, 5.41) is 4.10. The van der Waals surface area contributed by atoms with E-state index in [1.807, 2.05) is 54.7 Å². The zero-order chi connectivity index (χ0) is 15.4. The Labute approximate surface area is 129 Å². The first kappa shape index (κ1) is 14.2. The molecule has 1 aromatic heterocycles. The number of rotatable bonds is 5. The summed E-state index contributed by atoms with van der Waals surface area (Å²) in [5.74, 6) is 0.722. The van der Waals surface area contributed by atoms with Crippen molar-refractivity contribution in [2.24, 2.45) is 0 Å². The van der Waals surface area contributed by atoms with Crippen LogP contribution in [0.1, 0.15) is 11.1 Å². The Morgan fingerprint density at radius 3 is 2.73 bits per heavy atom. The van der Waals surface area contributed by atoms with Crippen molar-refractivity contribution in [3.05, 3.63) is 65.9 Å². The van der Waals surface area contributed by atoms with Crippen LogP contribution in [0, 0.1) is 0 Å². The number of H-pyrrole nitrogens is 1. The summed E-state index contributed by atoms with van der Waals surface area (Å²) >= 11 is 0. The number of hydrogen-bond donors (Lipinski definition) is 2. The molecule has 0 unspecified atom stereocenters. The molecule has 0 bridgehead atoms. The normalized spacial score (nSPS) is 10.6. The van der Waals surface area contributed by atoms with Crippen LogP contribution < -0.4 is 10.1 Å². The smallest absolute Gasteiger partial charge is 0.224 e. The van der Waals surface area contributed by atoms with Crippen molar-refractivity contribution in [1.82, 2.24) is 10.3 Å². The van der Waals surface area contributed by atoms with E-state index in [-0.39, 0.29) is 5.91 Å². The maximum absolute atomic E-state index is 12.1. The molecule has 4 nitrogen and oxygen atoms in total. The van der Waals surface area contributed by atoms with Gasteiger partial charge in [0.15, 0.2) is 0 Å². The summed E-state index contributed by atoms with van der Waals surface area (Å²) in [7, 11) is 1.61. The fraction of sp³-hybridized carbons (Fsp3) is 0.167. The van der Waals surface area contributed by atoms with E-state index < -0.39 is 0 Å². The Balaban J connectivity index is 1.65. The van der Waals surface area contributed by atoms with E-state index in [1.54, 1.807) is 7.11 Å². The van der Waals surface area contributed by atoms with Gasteiger partial charge in [-0.15, -0.1) is 0 Å². The third-order valence-electron chi connectivity index (χ3n) is 3.69. The third-order valence-corrected chi connectivity index (χ3v) is 3.69. The lowest BCUT2D eigenvalue weighted by atomic mass is 10.1. The zero-order valence-corrected chi connectivity index (χ0v) is 12.4. The van der Waals surface area contributed by atoms with Gasteiger partial charge in [-0.25, -0.2) is 0 Å². The van der Waals surface area contributed by atoms with Gasteiger partial charge in [0.25, 0.3) is 0 Å². The van der Waals surface area contributed by atoms with Crippen molar-refractivity contribution in [2.45, 2.75) is 13.0 Å². The number of nitrogens with one attached hydrogen (secondary N) is 2. The lowest BCUT2D eigenvalue weighted by molar-refractivity contribution is -0.120. The number of fused-ring (bicyclic) bond motifs is 1. The third kappa shape index (κ3) is 2.96. The van der Waals surface area contributed by atoms with E-state index in [9.17, 15) is 4.79 Å². The maximum atomic E-state index is 12.1. The number of benzene rings is 2. The summed E-state index contributed by atoms with van der Waals surface area (Å²) in [4.78, 5) is 15.3. The highest BCUT2D eigenvalue weighted by Gasteiger charge is 2.09. The van der Waals surface area contributed by atoms with Crippen LogP contribution in [0.5, 0.6) is 5.75 Å². The predicted molar refractivity (Wildman–Crippen MR) is 86.8 cm³/mol. The summed E-state index contributed by atoms with van der Waals surface area (Å²) in [6, 6.07) is 15.6. The summed E-state index contributed by atoms with van der Waals surface area (Å²) in [6.07, 6.45) is 2.25. The second-order valence-electron chi connectivity index (χ2n) is 5.12. The molecule has 0 radical (unpaired) electrons. The SMILES string of the molecule is COc1ccccc1CC(=O)NCc1c[nH]c2ccccc12. The van der Waals surface area contributed by atoms with Crippen LogP contribution in [0.15, 0.2) is 54.7 Å². The fourth-order valence-corrected chi connectivity index (χ4v) is 2.56. The lowest BCUT2D eigenvalue weighted by Crippen LogP contribution is -2.24. The molecule has 4 heteroatoms. The summed E-state index contributed by atoms with van der Waals surface area (Å²) < 4.78 is 5.27. The second kappa shape index (κ2) is 6.35. The van der Waals surface area contributed by atoms with Crippen LogP contribution in [-0.2, 0) is 17.8 Å². The Bertz CT molecular complexity index is 792. The Hall–Kier alpha value is -2.75. The van der Waals surface area contributed by atoms with Crippen molar-refractivity contribution in [2.75, 3.05) is 7.11 Å². The van der Waals surface area contributed by atoms with Crippen molar-refractivity contribution < 1.29 is 9.53 Å². The standard InChI is InChI=1S/C18H18N2O2/c1-22-17-9-5-2-6-13(17)10-18(21)20-12-14-11-19-16-8-4-3-7-15(14)16/h2-9,11,19H,10,12H2,1H3,(H,20,21). The van der Waals surface area contributed by atoms with E-state index >= 15 is 0 Å². The number of methoxy groups -OCH3 is 1. The molecule has 0 fully saturated rings. The Morgan fingerprint density at radius 1 is 1.09 bits per heavy atom. The van der Waals surface area contributed by atoms with Crippen LogP contribution in [0.2, 0.25) is 0 Å². The van der Waals surface area contributed by atoms with Gasteiger partial charge in [0, 0.05) is 29.2 Å². The quantitative estimate of drug-likeness (QED) is 0.760. The summed E-state index contributed by atoms with van der Waals surface area (Å²) in [5.41, 5.74) is 3.06. The Morgan fingerprint density at radius 2 is 1.86 bits per heavy atom. The van der Waals surface area contributed by atoms with Crippen molar-refractivity contribution in [3.63, 3.8) is 0 Å². The highest BCUT2D eigenvalue weighted by molar-refractivity contribution is 5.84. The van der Waals surface area contributed by atoms with E-state index in [4.69, 9.17) is 4.74 Å². The van der Waals surface area contributed by atoms with E-state index in [0.29, 0.717) is 13.0 Å². The van der Waals surface area contributed by atoms with Gasteiger partial charge in [-0.05, 0) is 17.7 Å². The molecule has 0 saturated heterocycles. The Kier molecular flexibility index (Phi) is 4.10. The predicted octanol–water partition coefficient (Wildman–Crippen LogP) is 3.04. The molecular weight excluding hydrogens is 276 g/mol. The molecule has 0 aliphatic rings. The average molecular weight is 294 g/mol. The largest absolute Gasteiger partial charge is 0.496 e. The molecule has 2 aromatic carbocycles. The van der Waals surface area contributed by atoms with Gasteiger partial charge in [0.1, 0.15) is 5.75 Å². The van der Waals surface area contributed by atoms with Crippen LogP contribution in [-0.4, -0.2) is 18.0 Å². The molecule has 0 atom stereocenters. The summed E-state index contributed by atoms with van der Waals surface area (Å²) in [6.45, 7) is 0.512. The minimum Gasteiger partial charge on any atom is -0.496 e. The molecule has 112 valence electrons. The number of carbonyl (C=O) groups is 1. The molecular formula is C18H18N2O2. The molecule has 0 aliphatic carbocycles. The monoisotopic (exact) mass is 294 g/mol. The zero-order valence-electron chi connectivity index (χ0n) is 12.4. The number of hydrogen-bond acceptors (Lipinski definition) is 2. The molecule has 0 aliphatic heterocycles. The number of aromatic amines is 1. The number of para-hydroxylation sites is 2. The number of amides is 1. The number of aromatic nitrogens is 1. The first-order chi connectivity index (χ1) is 10.8. The molecule has 22 heavy (non-hydrogen) atoms. The van der Waals surface area contributed by atoms with E-state index in [1.165, 1.54) is 0 Å². The van der Waals surface area contributed by atoms with Crippen molar-refractivity contribution in [1.29, 1.82) is 0 Å². The minimum atomic E-state index is -0.0187. The van der Waals surface area contributed by atoms with Gasteiger partial charge in [-0.3, -0.25) is 4.79 Å². The number of ether oxygens (including phenoxy) is 1. The molecule has 0 saturated carbocycles. The van der Waals surface area contributed by atoms with Crippen LogP contribution in [0.25, 0.3) is 10.9 Å². The highest BCUT2D eigenvalue weighted by Crippen LogP contribution is 2.19. The maximum Gasteiger partial charge on any atom is 0.224 e. The van der Waals surface area contributed by atoms with Gasteiger partial charge < -0.3 is 15.0 Å². The minimum absolute atomic E-state index is 0.0187. The van der Waals surface area contributed by atoms with Crippen LogP contribution in [0.4, 0.5) is 0 Å². The molecule has 3 rings (SSSR count). The average Bonchev–Trinajstić information content (AvgIpc) is 2.97. The van der Waals surface area contributed by atoms with Gasteiger partial charge >= 0.3 is 0 Å². The van der Waals surface area contributed by atoms with Gasteiger partial charge in [-0.2, -0.15) is 0 Å². The van der Waals surface area contributed by atoms with Crippen LogP contribution >= 0.6 is 0 Å². The molecule has 3 aromatic rings. The van der Waals surface area contributed by atoms with Crippen molar-refractivity contribution >= 4 is 16.8 Å². The van der Waals surface area contributed by atoms with Crippen molar-refractivity contribution in [3.8, 4) is 5.75 Å². The fourth-order valence-electron chi connectivity index (χ4n) is 2.56. The first-order valence-electron chi connectivity index (χ1n) is 7.21.